The van der Waals surface area contributed by atoms with E-state index in [1.807, 2.05) is 41.8 Å². The normalized spacial score (nSPS) is 10.7. The van der Waals surface area contributed by atoms with Crippen molar-refractivity contribution < 1.29 is 4.42 Å². The van der Waals surface area contributed by atoms with Gasteiger partial charge in [-0.3, -0.25) is 9.36 Å². The van der Waals surface area contributed by atoms with Crippen LogP contribution in [0.4, 0.5) is 5.69 Å². The van der Waals surface area contributed by atoms with Crippen LogP contribution >= 0.6 is 11.3 Å². The fourth-order valence-electron chi connectivity index (χ4n) is 1.90. The highest BCUT2D eigenvalue weighted by atomic mass is 32.1. The van der Waals surface area contributed by atoms with Gasteiger partial charge in [0.05, 0.1) is 18.5 Å². The zero-order valence-electron chi connectivity index (χ0n) is 10.1. The van der Waals surface area contributed by atoms with E-state index in [-0.39, 0.29) is 4.87 Å². The second kappa shape index (κ2) is 4.78. The van der Waals surface area contributed by atoms with Crippen LogP contribution in [-0.4, -0.2) is 4.57 Å². The average Bonchev–Trinajstić information content (AvgIpc) is 3.03. The number of aromatic nitrogens is 1. The lowest BCUT2D eigenvalue weighted by molar-refractivity contribution is 0.574. The first-order chi connectivity index (χ1) is 9.24. The summed E-state index contributed by atoms with van der Waals surface area (Å²) >= 11 is 1.17. The van der Waals surface area contributed by atoms with Gasteiger partial charge in [0, 0.05) is 11.1 Å². The second-order valence-corrected chi connectivity index (χ2v) is 5.01. The molecule has 4 nitrogen and oxygen atoms in total. The number of nitrogen functional groups attached to an aromatic ring is 1. The van der Waals surface area contributed by atoms with Crippen LogP contribution in [0, 0.1) is 0 Å². The summed E-state index contributed by atoms with van der Waals surface area (Å²) in [5, 5.41) is 1.82. The molecule has 5 heteroatoms. The van der Waals surface area contributed by atoms with Crippen LogP contribution in [0.3, 0.4) is 0 Å². The molecular formula is C14H12N2O2S. The molecule has 3 rings (SSSR count). The minimum absolute atomic E-state index is 0.00299. The molecule has 2 heterocycles. The molecule has 2 N–H and O–H groups in total. The first-order valence-corrected chi connectivity index (χ1v) is 6.68. The predicted octanol–water partition coefficient (Wildman–Crippen LogP) is 2.80. The number of nitrogens with two attached hydrogens (primary N) is 1. The zero-order chi connectivity index (χ0) is 13.2. The fraction of sp³-hybridized carbons (Fsp3) is 0.0714. The van der Waals surface area contributed by atoms with Crippen molar-refractivity contribution in [1.29, 1.82) is 0 Å². The minimum atomic E-state index is 0.00299. The standard InChI is InChI=1S/C14H12N2O2S/c15-11-5-3-10(4-6-11)8-16-12(9-19-14(16)17)13-2-1-7-18-13/h1-7,9H,8,15H2. The number of rotatable bonds is 3. The maximum absolute atomic E-state index is 11.9. The van der Waals surface area contributed by atoms with Gasteiger partial charge >= 0.3 is 4.87 Å². The molecule has 0 aliphatic rings. The number of thiazole rings is 1. The van der Waals surface area contributed by atoms with E-state index in [1.165, 1.54) is 11.3 Å². The molecular weight excluding hydrogens is 260 g/mol. The van der Waals surface area contributed by atoms with E-state index >= 15 is 0 Å². The smallest absolute Gasteiger partial charge is 0.307 e. The maximum Gasteiger partial charge on any atom is 0.307 e. The molecule has 0 unspecified atom stereocenters. The second-order valence-electron chi connectivity index (χ2n) is 4.19. The van der Waals surface area contributed by atoms with Crippen molar-refractivity contribution in [2.45, 2.75) is 6.54 Å². The average molecular weight is 272 g/mol. The molecule has 0 atom stereocenters. The number of nitrogens with zero attached hydrogens (tertiary/aromatic N) is 1. The molecule has 0 radical (unpaired) electrons. The Bertz CT molecular complexity index is 724. The van der Waals surface area contributed by atoms with Gasteiger partial charge in [-0.2, -0.15) is 0 Å². The van der Waals surface area contributed by atoms with Gasteiger partial charge in [0.15, 0.2) is 5.76 Å². The van der Waals surface area contributed by atoms with Gasteiger partial charge in [-0.05, 0) is 29.8 Å². The highest BCUT2D eigenvalue weighted by Gasteiger charge is 2.11. The van der Waals surface area contributed by atoms with Crippen molar-refractivity contribution in [2.24, 2.45) is 0 Å². The molecule has 0 bridgehead atoms. The minimum Gasteiger partial charge on any atom is -0.463 e. The van der Waals surface area contributed by atoms with E-state index in [2.05, 4.69) is 0 Å². The summed E-state index contributed by atoms with van der Waals surface area (Å²) in [6.45, 7) is 0.513. The maximum atomic E-state index is 11.9. The van der Waals surface area contributed by atoms with E-state index in [0.29, 0.717) is 18.0 Å². The third kappa shape index (κ3) is 2.32. The van der Waals surface area contributed by atoms with Gasteiger partial charge in [-0.15, -0.1) is 0 Å². The lowest BCUT2D eigenvalue weighted by Gasteiger charge is -2.06. The van der Waals surface area contributed by atoms with E-state index < -0.39 is 0 Å². The number of hydrogen-bond acceptors (Lipinski definition) is 4. The Labute approximate surface area is 113 Å². The molecule has 0 saturated heterocycles. The summed E-state index contributed by atoms with van der Waals surface area (Å²) in [7, 11) is 0. The summed E-state index contributed by atoms with van der Waals surface area (Å²) < 4.78 is 7.06. The Morgan fingerprint density at radius 1 is 1.21 bits per heavy atom. The van der Waals surface area contributed by atoms with Crippen molar-refractivity contribution in [3.8, 4) is 11.5 Å². The van der Waals surface area contributed by atoms with Crippen LogP contribution in [0.1, 0.15) is 5.56 Å². The predicted molar refractivity (Wildman–Crippen MR) is 76.2 cm³/mol. The lowest BCUT2D eigenvalue weighted by atomic mass is 10.2. The van der Waals surface area contributed by atoms with E-state index in [1.54, 1.807) is 10.8 Å². The molecule has 0 saturated carbocycles. The highest BCUT2D eigenvalue weighted by molar-refractivity contribution is 7.07. The van der Waals surface area contributed by atoms with Crippen LogP contribution in [0.15, 0.2) is 57.3 Å². The molecule has 96 valence electrons. The Morgan fingerprint density at radius 2 is 2.00 bits per heavy atom. The Hall–Kier alpha value is -2.27. The van der Waals surface area contributed by atoms with E-state index in [0.717, 1.165) is 11.3 Å². The van der Waals surface area contributed by atoms with Crippen molar-refractivity contribution >= 4 is 17.0 Å². The van der Waals surface area contributed by atoms with Gasteiger partial charge < -0.3 is 10.2 Å². The molecule has 0 fully saturated rings. The van der Waals surface area contributed by atoms with E-state index in [9.17, 15) is 4.79 Å². The quantitative estimate of drug-likeness (QED) is 0.746. The summed E-state index contributed by atoms with van der Waals surface area (Å²) in [6.07, 6.45) is 1.60. The van der Waals surface area contributed by atoms with Crippen molar-refractivity contribution in [3.63, 3.8) is 0 Å². The zero-order valence-corrected chi connectivity index (χ0v) is 10.9. The lowest BCUT2D eigenvalue weighted by Crippen LogP contribution is -2.14. The molecule has 2 aromatic heterocycles. The topological polar surface area (TPSA) is 61.2 Å². The fourth-order valence-corrected chi connectivity index (χ4v) is 2.65. The molecule has 0 aliphatic carbocycles. The first-order valence-electron chi connectivity index (χ1n) is 5.80. The highest BCUT2D eigenvalue weighted by Crippen LogP contribution is 2.21. The molecule has 1 aromatic carbocycles. The molecule has 0 aliphatic heterocycles. The molecule has 19 heavy (non-hydrogen) atoms. The van der Waals surface area contributed by atoms with Crippen LogP contribution in [0.2, 0.25) is 0 Å². The summed E-state index contributed by atoms with van der Waals surface area (Å²) in [5.74, 6) is 0.703. The third-order valence-electron chi connectivity index (χ3n) is 2.88. The van der Waals surface area contributed by atoms with Crippen molar-refractivity contribution in [3.05, 3.63) is 63.3 Å². The van der Waals surface area contributed by atoms with Crippen LogP contribution in [0.25, 0.3) is 11.5 Å². The monoisotopic (exact) mass is 272 g/mol. The van der Waals surface area contributed by atoms with E-state index in [4.69, 9.17) is 10.2 Å². The van der Waals surface area contributed by atoms with Crippen molar-refractivity contribution in [1.82, 2.24) is 4.57 Å². The first kappa shape index (κ1) is 11.8. The van der Waals surface area contributed by atoms with Gasteiger partial charge in [0.25, 0.3) is 0 Å². The summed E-state index contributed by atoms with van der Waals surface area (Å²) in [5.41, 5.74) is 8.20. The van der Waals surface area contributed by atoms with Crippen LogP contribution in [0.5, 0.6) is 0 Å². The van der Waals surface area contributed by atoms with Gasteiger partial charge in [-0.1, -0.05) is 23.5 Å². The summed E-state index contributed by atoms with van der Waals surface area (Å²) in [4.78, 5) is 11.9. The Morgan fingerprint density at radius 3 is 2.68 bits per heavy atom. The van der Waals surface area contributed by atoms with Crippen LogP contribution in [-0.2, 0) is 6.54 Å². The number of benzene rings is 1. The summed E-state index contributed by atoms with van der Waals surface area (Å²) in [6, 6.07) is 11.2. The number of hydrogen-bond donors (Lipinski definition) is 1. The third-order valence-corrected chi connectivity index (χ3v) is 3.64. The van der Waals surface area contributed by atoms with Gasteiger partial charge in [0.1, 0.15) is 0 Å². The largest absolute Gasteiger partial charge is 0.463 e. The van der Waals surface area contributed by atoms with Gasteiger partial charge in [-0.25, -0.2) is 0 Å². The van der Waals surface area contributed by atoms with Crippen LogP contribution < -0.4 is 10.6 Å². The Balaban J connectivity index is 1.99. The molecule has 0 amide bonds. The van der Waals surface area contributed by atoms with Gasteiger partial charge in [0.2, 0.25) is 0 Å². The molecule has 3 aromatic rings. The molecule has 0 spiro atoms. The number of furan rings is 1. The SMILES string of the molecule is Nc1ccc(Cn2c(-c3ccco3)csc2=O)cc1. The Kier molecular flexibility index (Phi) is 2.97. The number of anilines is 1. The van der Waals surface area contributed by atoms with Crippen molar-refractivity contribution in [2.75, 3.05) is 5.73 Å².